The van der Waals surface area contributed by atoms with Crippen molar-refractivity contribution in [3.63, 3.8) is 0 Å². The van der Waals surface area contributed by atoms with Gasteiger partial charge in [0, 0.05) is 24.2 Å². The molecular weight excluding hydrogens is 384 g/mol. The first-order valence-corrected chi connectivity index (χ1v) is 8.53. The van der Waals surface area contributed by atoms with Crippen LogP contribution in [0, 0.1) is 10.1 Å². The first kappa shape index (κ1) is 19.5. The number of carbonyl (C=O) groups excluding carboxylic acids is 3. The van der Waals surface area contributed by atoms with Gasteiger partial charge in [-0.15, -0.1) is 11.3 Å². The smallest absolute Gasteiger partial charge is 0.306 e. The van der Waals surface area contributed by atoms with Gasteiger partial charge in [0.05, 0.1) is 20.6 Å². The SMILES string of the molecule is O=C(COC(=O)CCC(=O)c1ccc(Cl)s1)Nc1cccc([N+](=O)[O-])c1. The Morgan fingerprint density at radius 2 is 1.96 bits per heavy atom. The fraction of sp³-hybridized carbons (Fsp3) is 0.188. The molecule has 0 radical (unpaired) electrons. The summed E-state index contributed by atoms with van der Waals surface area (Å²) in [5, 5.41) is 13.1. The zero-order valence-electron chi connectivity index (χ0n) is 13.3. The van der Waals surface area contributed by atoms with Crippen LogP contribution in [0.4, 0.5) is 11.4 Å². The minimum atomic E-state index is -0.699. The molecule has 0 fully saturated rings. The van der Waals surface area contributed by atoms with Gasteiger partial charge in [0.25, 0.3) is 11.6 Å². The number of esters is 1. The molecule has 0 aliphatic rings. The number of hydrogen-bond acceptors (Lipinski definition) is 7. The number of ketones is 1. The average Bonchev–Trinajstić information content (AvgIpc) is 3.04. The highest BCUT2D eigenvalue weighted by Gasteiger charge is 2.14. The van der Waals surface area contributed by atoms with Gasteiger partial charge in [-0.25, -0.2) is 0 Å². The van der Waals surface area contributed by atoms with Crippen molar-refractivity contribution in [1.29, 1.82) is 0 Å². The highest BCUT2D eigenvalue weighted by atomic mass is 35.5. The summed E-state index contributed by atoms with van der Waals surface area (Å²) in [5.41, 5.74) is 0.0389. The molecule has 26 heavy (non-hydrogen) atoms. The van der Waals surface area contributed by atoms with E-state index in [1.807, 2.05) is 0 Å². The largest absolute Gasteiger partial charge is 0.456 e. The number of nitrogens with zero attached hydrogens (tertiary/aromatic N) is 1. The van der Waals surface area contributed by atoms with Gasteiger partial charge < -0.3 is 10.1 Å². The fourth-order valence-electron chi connectivity index (χ4n) is 1.92. The fourth-order valence-corrected chi connectivity index (χ4v) is 2.93. The first-order valence-electron chi connectivity index (χ1n) is 7.33. The first-order chi connectivity index (χ1) is 12.3. The molecule has 0 atom stereocenters. The molecule has 0 aliphatic heterocycles. The Morgan fingerprint density at radius 1 is 1.19 bits per heavy atom. The third kappa shape index (κ3) is 5.94. The summed E-state index contributed by atoms with van der Waals surface area (Å²) in [6.07, 6.45) is -0.222. The van der Waals surface area contributed by atoms with Gasteiger partial charge in [-0.3, -0.25) is 24.5 Å². The van der Waals surface area contributed by atoms with E-state index >= 15 is 0 Å². The number of halogens is 1. The molecule has 0 aliphatic carbocycles. The number of hydrogen-bond donors (Lipinski definition) is 1. The van der Waals surface area contributed by atoms with E-state index in [-0.39, 0.29) is 30.0 Å². The lowest BCUT2D eigenvalue weighted by Crippen LogP contribution is -2.21. The second-order valence-corrected chi connectivity index (χ2v) is 6.76. The van der Waals surface area contributed by atoms with Gasteiger partial charge in [0.2, 0.25) is 0 Å². The number of ether oxygens (including phenoxy) is 1. The molecule has 1 aromatic heterocycles. The average molecular weight is 397 g/mol. The van der Waals surface area contributed by atoms with Crippen molar-refractivity contribution in [2.45, 2.75) is 12.8 Å². The number of rotatable bonds is 8. The summed E-state index contributed by atoms with van der Waals surface area (Å²) in [7, 11) is 0. The van der Waals surface area contributed by atoms with Crippen molar-refractivity contribution in [1.82, 2.24) is 0 Å². The monoisotopic (exact) mass is 396 g/mol. The second-order valence-electron chi connectivity index (χ2n) is 5.04. The lowest BCUT2D eigenvalue weighted by atomic mass is 10.2. The van der Waals surface area contributed by atoms with Crippen LogP contribution in [-0.4, -0.2) is 29.2 Å². The van der Waals surface area contributed by atoms with Crippen molar-refractivity contribution in [3.05, 3.63) is 55.7 Å². The topological polar surface area (TPSA) is 116 Å². The normalized spacial score (nSPS) is 10.2. The van der Waals surface area contributed by atoms with Crippen LogP contribution in [0.3, 0.4) is 0 Å². The third-order valence-electron chi connectivity index (χ3n) is 3.11. The number of nitro benzene ring substituents is 1. The van der Waals surface area contributed by atoms with Crippen molar-refractivity contribution >= 4 is 52.0 Å². The van der Waals surface area contributed by atoms with E-state index in [9.17, 15) is 24.5 Å². The van der Waals surface area contributed by atoms with Crippen LogP contribution in [0.25, 0.3) is 0 Å². The van der Waals surface area contributed by atoms with Gasteiger partial charge >= 0.3 is 5.97 Å². The van der Waals surface area contributed by atoms with Crippen LogP contribution in [-0.2, 0) is 14.3 Å². The van der Waals surface area contributed by atoms with Crippen molar-refractivity contribution < 1.29 is 24.0 Å². The molecule has 0 spiro atoms. The minimum Gasteiger partial charge on any atom is -0.456 e. The van der Waals surface area contributed by atoms with Gasteiger partial charge in [0.15, 0.2) is 12.4 Å². The molecule has 1 amide bonds. The highest BCUT2D eigenvalue weighted by Crippen LogP contribution is 2.23. The maximum atomic E-state index is 11.8. The lowest BCUT2D eigenvalue weighted by molar-refractivity contribution is -0.384. The summed E-state index contributed by atoms with van der Waals surface area (Å²) in [6.45, 7) is -0.555. The Labute approximate surface area is 156 Å². The molecule has 0 saturated carbocycles. The maximum absolute atomic E-state index is 11.8. The predicted molar refractivity (Wildman–Crippen MR) is 95.6 cm³/mol. The van der Waals surface area contributed by atoms with Crippen LogP contribution in [0.2, 0.25) is 4.34 Å². The molecule has 1 aromatic carbocycles. The van der Waals surface area contributed by atoms with E-state index in [4.69, 9.17) is 16.3 Å². The van der Waals surface area contributed by atoms with Crippen LogP contribution in [0.5, 0.6) is 0 Å². The zero-order chi connectivity index (χ0) is 19.1. The lowest BCUT2D eigenvalue weighted by Gasteiger charge is -2.06. The standard InChI is InChI=1S/C16H13ClN2O6S/c17-14-6-5-13(26-14)12(20)4-7-16(22)25-9-15(21)18-10-2-1-3-11(8-10)19(23)24/h1-3,5-6,8H,4,7,9H2,(H,18,21). The van der Waals surface area contributed by atoms with Gasteiger partial charge in [0.1, 0.15) is 0 Å². The zero-order valence-corrected chi connectivity index (χ0v) is 14.8. The molecule has 0 saturated heterocycles. The molecule has 1 heterocycles. The molecule has 0 unspecified atom stereocenters. The molecule has 2 aromatic rings. The number of non-ortho nitro benzene ring substituents is 1. The Hall–Kier alpha value is -2.78. The second kappa shape index (κ2) is 9.07. The van der Waals surface area contributed by atoms with E-state index in [2.05, 4.69) is 5.32 Å². The summed E-state index contributed by atoms with van der Waals surface area (Å²) < 4.78 is 5.27. The van der Waals surface area contributed by atoms with Crippen LogP contribution in [0.1, 0.15) is 22.5 Å². The van der Waals surface area contributed by atoms with Gasteiger partial charge in [-0.2, -0.15) is 0 Å². The highest BCUT2D eigenvalue weighted by molar-refractivity contribution is 7.18. The summed E-state index contributed by atoms with van der Waals surface area (Å²) in [6, 6.07) is 8.53. The van der Waals surface area contributed by atoms with E-state index in [1.165, 1.54) is 24.3 Å². The van der Waals surface area contributed by atoms with E-state index in [0.717, 1.165) is 11.3 Å². The molecular formula is C16H13ClN2O6S. The number of amides is 1. The number of anilines is 1. The van der Waals surface area contributed by atoms with Crippen molar-refractivity contribution in [2.24, 2.45) is 0 Å². The van der Waals surface area contributed by atoms with Gasteiger partial charge in [-0.05, 0) is 18.2 Å². The quantitative estimate of drug-likeness (QED) is 0.316. The molecule has 10 heteroatoms. The van der Waals surface area contributed by atoms with Crippen LogP contribution in [0.15, 0.2) is 36.4 Å². The number of Topliss-reactive ketones (excluding diaryl/α,β-unsaturated/α-hetero) is 1. The molecule has 2 rings (SSSR count). The van der Waals surface area contributed by atoms with Crippen molar-refractivity contribution in [2.75, 3.05) is 11.9 Å². The number of benzene rings is 1. The van der Waals surface area contributed by atoms with Crippen LogP contribution >= 0.6 is 22.9 Å². The van der Waals surface area contributed by atoms with Gasteiger partial charge in [-0.1, -0.05) is 17.7 Å². The van der Waals surface area contributed by atoms with E-state index < -0.39 is 23.4 Å². The summed E-state index contributed by atoms with van der Waals surface area (Å²) >= 11 is 6.86. The Morgan fingerprint density at radius 3 is 2.62 bits per heavy atom. The molecule has 8 nitrogen and oxygen atoms in total. The maximum Gasteiger partial charge on any atom is 0.306 e. The summed E-state index contributed by atoms with van der Waals surface area (Å²) in [4.78, 5) is 45.7. The van der Waals surface area contributed by atoms with E-state index in [0.29, 0.717) is 9.21 Å². The number of nitro groups is 1. The Balaban J connectivity index is 1.74. The number of thiophene rings is 1. The van der Waals surface area contributed by atoms with Crippen molar-refractivity contribution in [3.8, 4) is 0 Å². The Kier molecular flexibility index (Phi) is 6.81. The molecule has 1 N–H and O–H groups in total. The third-order valence-corrected chi connectivity index (χ3v) is 4.38. The predicted octanol–water partition coefficient (Wildman–Crippen LogP) is 3.45. The minimum absolute atomic E-state index is 0.0534. The van der Waals surface area contributed by atoms with Crippen LogP contribution < -0.4 is 5.32 Å². The van der Waals surface area contributed by atoms with E-state index in [1.54, 1.807) is 12.1 Å². The molecule has 136 valence electrons. The number of carbonyl (C=O) groups is 3. The summed E-state index contributed by atoms with van der Waals surface area (Å²) in [5.74, 6) is -1.58. The molecule has 0 bridgehead atoms. The number of nitrogens with one attached hydrogen (secondary N) is 1. The Bertz CT molecular complexity index is 851.